The maximum absolute atomic E-state index is 9.33. The molecule has 2 N–H and O–H groups in total. The standard InChI is InChI=1S/C7H15NO/c1-2-6-5-8-4-3-7(6)9/h6-9H,2-5H2,1H3/t6-,7-/m1/s1. The van der Waals surface area contributed by atoms with Crippen LogP contribution in [0.15, 0.2) is 0 Å². The smallest absolute Gasteiger partial charge is 0.0592 e. The third-order valence-electron chi connectivity index (χ3n) is 2.09. The summed E-state index contributed by atoms with van der Waals surface area (Å²) in [6.45, 7) is 4.11. The first-order chi connectivity index (χ1) is 4.34. The van der Waals surface area contributed by atoms with Crippen LogP contribution in [0.2, 0.25) is 0 Å². The van der Waals surface area contributed by atoms with Crippen LogP contribution in [0.3, 0.4) is 0 Å². The molecule has 0 bridgehead atoms. The molecule has 0 saturated carbocycles. The van der Waals surface area contributed by atoms with Crippen LogP contribution in [0.1, 0.15) is 19.8 Å². The van der Waals surface area contributed by atoms with Crippen molar-refractivity contribution in [3.05, 3.63) is 0 Å². The van der Waals surface area contributed by atoms with Gasteiger partial charge in [-0.05, 0) is 25.3 Å². The van der Waals surface area contributed by atoms with Crippen molar-refractivity contribution in [3.63, 3.8) is 0 Å². The summed E-state index contributed by atoms with van der Waals surface area (Å²) in [5.41, 5.74) is 0. The van der Waals surface area contributed by atoms with Gasteiger partial charge in [0.25, 0.3) is 0 Å². The average molecular weight is 129 g/mol. The molecule has 0 spiro atoms. The van der Waals surface area contributed by atoms with Gasteiger partial charge < -0.3 is 10.4 Å². The second-order valence-corrected chi connectivity index (χ2v) is 2.73. The Hall–Kier alpha value is -0.0800. The number of nitrogens with one attached hydrogen (secondary N) is 1. The van der Waals surface area contributed by atoms with Gasteiger partial charge in [-0.3, -0.25) is 0 Å². The summed E-state index contributed by atoms with van der Waals surface area (Å²) >= 11 is 0. The third kappa shape index (κ3) is 1.66. The first kappa shape index (κ1) is 7.03. The lowest BCUT2D eigenvalue weighted by atomic mass is 9.94. The van der Waals surface area contributed by atoms with Crippen molar-refractivity contribution < 1.29 is 5.11 Å². The highest BCUT2D eigenvalue weighted by atomic mass is 16.3. The predicted octanol–water partition coefficient (Wildman–Crippen LogP) is 0.367. The van der Waals surface area contributed by atoms with Crippen LogP contribution in [0, 0.1) is 5.92 Å². The Kier molecular flexibility index (Phi) is 2.49. The Morgan fingerprint density at radius 1 is 1.67 bits per heavy atom. The fourth-order valence-electron chi connectivity index (χ4n) is 1.33. The van der Waals surface area contributed by atoms with Gasteiger partial charge in [-0.2, -0.15) is 0 Å². The van der Waals surface area contributed by atoms with Crippen LogP contribution < -0.4 is 5.32 Å². The maximum atomic E-state index is 9.33. The monoisotopic (exact) mass is 129 g/mol. The van der Waals surface area contributed by atoms with Crippen LogP contribution >= 0.6 is 0 Å². The van der Waals surface area contributed by atoms with Crippen molar-refractivity contribution in [2.45, 2.75) is 25.9 Å². The Morgan fingerprint density at radius 3 is 2.89 bits per heavy atom. The fourth-order valence-corrected chi connectivity index (χ4v) is 1.33. The van der Waals surface area contributed by atoms with Crippen molar-refractivity contribution in [2.24, 2.45) is 5.92 Å². The molecule has 1 saturated heterocycles. The molecule has 1 heterocycles. The van der Waals surface area contributed by atoms with Crippen molar-refractivity contribution >= 4 is 0 Å². The van der Waals surface area contributed by atoms with Gasteiger partial charge in [-0.15, -0.1) is 0 Å². The molecule has 0 amide bonds. The fraction of sp³-hybridized carbons (Fsp3) is 1.00. The SMILES string of the molecule is CC[C@@H]1CNCC[C@H]1O. The summed E-state index contributed by atoms with van der Waals surface area (Å²) in [7, 11) is 0. The van der Waals surface area contributed by atoms with Gasteiger partial charge in [0.1, 0.15) is 0 Å². The minimum atomic E-state index is -0.0451. The summed E-state index contributed by atoms with van der Waals surface area (Å²) in [4.78, 5) is 0. The number of piperidine rings is 1. The molecular formula is C7H15NO. The zero-order chi connectivity index (χ0) is 6.69. The summed E-state index contributed by atoms with van der Waals surface area (Å²) in [6, 6.07) is 0. The Labute approximate surface area is 56.3 Å². The summed E-state index contributed by atoms with van der Waals surface area (Å²) < 4.78 is 0. The molecule has 1 rings (SSSR count). The van der Waals surface area contributed by atoms with Crippen molar-refractivity contribution in [2.75, 3.05) is 13.1 Å². The van der Waals surface area contributed by atoms with Crippen LogP contribution in [-0.2, 0) is 0 Å². The van der Waals surface area contributed by atoms with Crippen molar-refractivity contribution in [1.82, 2.24) is 5.32 Å². The van der Waals surface area contributed by atoms with Gasteiger partial charge in [-0.1, -0.05) is 6.92 Å². The van der Waals surface area contributed by atoms with E-state index in [1.54, 1.807) is 0 Å². The second kappa shape index (κ2) is 3.18. The molecule has 0 unspecified atom stereocenters. The van der Waals surface area contributed by atoms with E-state index in [-0.39, 0.29) is 6.10 Å². The number of aliphatic hydroxyl groups is 1. The van der Waals surface area contributed by atoms with Crippen molar-refractivity contribution in [1.29, 1.82) is 0 Å². The van der Waals surface area contributed by atoms with E-state index in [0.717, 1.165) is 25.9 Å². The molecule has 54 valence electrons. The van der Waals surface area contributed by atoms with E-state index in [0.29, 0.717) is 5.92 Å². The average Bonchev–Trinajstić information content (AvgIpc) is 1.89. The van der Waals surface area contributed by atoms with E-state index in [4.69, 9.17) is 0 Å². The minimum Gasteiger partial charge on any atom is -0.393 e. The molecule has 0 aromatic rings. The lowest BCUT2D eigenvalue weighted by molar-refractivity contribution is 0.0771. The van der Waals surface area contributed by atoms with E-state index in [2.05, 4.69) is 12.2 Å². The first-order valence-corrected chi connectivity index (χ1v) is 3.73. The highest BCUT2D eigenvalue weighted by Gasteiger charge is 2.19. The molecule has 1 aliphatic heterocycles. The largest absolute Gasteiger partial charge is 0.393 e. The van der Waals surface area contributed by atoms with Crippen LogP contribution in [0.4, 0.5) is 0 Å². The predicted molar refractivity (Wildman–Crippen MR) is 37.3 cm³/mol. The summed E-state index contributed by atoms with van der Waals surface area (Å²) in [6.07, 6.45) is 1.98. The highest BCUT2D eigenvalue weighted by Crippen LogP contribution is 2.13. The zero-order valence-corrected chi connectivity index (χ0v) is 5.93. The molecule has 1 aliphatic rings. The molecule has 2 heteroatoms. The Morgan fingerprint density at radius 2 is 2.44 bits per heavy atom. The minimum absolute atomic E-state index is 0.0451. The molecule has 0 aliphatic carbocycles. The topological polar surface area (TPSA) is 32.3 Å². The van der Waals surface area contributed by atoms with E-state index < -0.39 is 0 Å². The Bertz CT molecular complexity index is 85.0. The van der Waals surface area contributed by atoms with Crippen LogP contribution in [-0.4, -0.2) is 24.3 Å². The van der Waals surface area contributed by atoms with Crippen LogP contribution in [0.25, 0.3) is 0 Å². The van der Waals surface area contributed by atoms with E-state index in [1.165, 1.54) is 0 Å². The molecular weight excluding hydrogens is 114 g/mol. The summed E-state index contributed by atoms with van der Waals surface area (Å²) in [5, 5.41) is 12.6. The van der Waals surface area contributed by atoms with Crippen LogP contribution in [0.5, 0.6) is 0 Å². The van der Waals surface area contributed by atoms with Crippen molar-refractivity contribution in [3.8, 4) is 0 Å². The quantitative estimate of drug-likeness (QED) is 0.536. The zero-order valence-electron chi connectivity index (χ0n) is 5.93. The molecule has 0 aromatic heterocycles. The van der Waals surface area contributed by atoms with Gasteiger partial charge in [0.2, 0.25) is 0 Å². The molecule has 1 fully saturated rings. The molecule has 9 heavy (non-hydrogen) atoms. The lowest BCUT2D eigenvalue weighted by Crippen LogP contribution is -2.39. The molecule has 2 atom stereocenters. The third-order valence-corrected chi connectivity index (χ3v) is 2.09. The molecule has 2 nitrogen and oxygen atoms in total. The maximum Gasteiger partial charge on any atom is 0.0592 e. The molecule has 0 aromatic carbocycles. The van der Waals surface area contributed by atoms with Gasteiger partial charge in [0, 0.05) is 6.54 Å². The Balaban J connectivity index is 2.30. The highest BCUT2D eigenvalue weighted by molar-refractivity contribution is 4.75. The summed E-state index contributed by atoms with van der Waals surface area (Å²) in [5.74, 6) is 0.499. The van der Waals surface area contributed by atoms with Gasteiger partial charge in [-0.25, -0.2) is 0 Å². The normalized spacial score (nSPS) is 36.7. The van der Waals surface area contributed by atoms with Gasteiger partial charge in [0.05, 0.1) is 6.10 Å². The van der Waals surface area contributed by atoms with E-state index in [9.17, 15) is 5.11 Å². The first-order valence-electron chi connectivity index (χ1n) is 3.73. The number of hydrogen-bond acceptors (Lipinski definition) is 2. The molecule has 0 radical (unpaired) electrons. The second-order valence-electron chi connectivity index (χ2n) is 2.73. The van der Waals surface area contributed by atoms with E-state index in [1.807, 2.05) is 0 Å². The number of rotatable bonds is 1. The van der Waals surface area contributed by atoms with Gasteiger partial charge in [0.15, 0.2) is 0 Å². The van der Waals surface area contributed by atoms with Gasteiger partial charge >= 0.3 is 0 Å². The lowest BCUT2D eigenvalue weighted by Gasteiger charge is -2.26. The number of hydrogen-bond donors (Lipinski definition) is 2. The number of aliphatic hydroxyl groups excluding tert-OH is 1. The van der Waals surface area contributed by atoms with E-state index >= 15 is 0 Å².